The molecule has 2 bridgehead atoms. The van der Waals surface area contributed by atoms with E-state index in [0.29, 0.717) is 28.6 Å². The summed E-state index contributed by atoms with van der Waals surface area (Å²) >= 11 is 0. The molecule has 0 aliphatic heterocycles. The maximum Gasteiger partial charge on any atom is 0.343 e. The molecule has 0 unspecified atom stereocenters. The van der Waals surface area contributed by atoms with Gasteiger partial charge in [0, 0.05) is 17.0 Å². The third-order valence-corrected chi connectivity index (χ3v) is 8.89. The molecule has 0 heterocycles. The van der Waals surface area contributed by atoms with Crippen molar-refractivity contribution in [3.63, 3.8) is 0 Å². The van der Waals surface area contributed by atoms with Gasteiger partial charge >= 0.3 is 11.9 Å². The number of methoxy groups -OCH3 is 1. The zero-order valence-corrected chi connectivity index (χ0v) is 26.2. The summed E-state index contributed by atoms with van der Waals surface area (Å²) in [6.45, 7) is 5.71. The third-order valence-electron chi connectivity index (χ3n) is 8.89. The minimum atomic E-state index is -0.896. The van der Waals surface area contributed by atoms with Crippen LogP contribution in [0.15, 0.2) is 115 Å². The van der Waals surface area contributed by atoms with E-state index < -0.39 is 16.8 Å². The monoisotopic (exact) mass is 610 g/mol. The number of hydrogen-bond acceptors (Lipinski definition) is 6. The van der Waals surface area contributed by atoms with Crippen LogP contribution in [0.3, 0.4) is 0 Å². The lowest BCUT2D eigenvalue weighted by atomic mass is 9.53. The van der Waals surface area contributed by atoms with Gasteiger partial charge in [0.2, 0.25) is 0 Å². The first-order valence-electron chi connectivity index (χ1n) is 15.3. The second kappa shape index (κ2) is 11.2. The number of rotatable bonds is 7. The van der Waals surface area contributed by atoms with Gasteiger partial charge in [0.1, 0.15) is 29.6 Å². The molecule has 3 aliphatic rings. The fraction of sp³-hybridized carbons (Fsp3) is 0.200. The third kappa shape index (κ3) is 4.72. The predicted molar refractivity (Wildman–Crippen MR) is 175 cm³/mol. The van der Waals surface area contributed by atoms with E-state index in [9.17, 15) is 9.59 Å². The molecular weight excluding hydrogens is 576 g/mol. The van der Waals surface area contributed by atoms with Crippen LogP contribution in [0.1, 0.15) is 70.4 Å². The Kier molecular flexibility index (Phi) is 7.16. The average molecular weight is 611 g/mol. The van der Waals surface area contributed by atoms with E-state index in [4.69, 9.17) is 18.9 Å². The quantitative estimate of drug-likeness (QED) is 0.137. The molecule has 6 heteroatoms. The largest absolute Gasteiger partial charge is 0.497 e. The fourth-order valence-corrected chi connectivity index (χ4v) is 6.72. The minimum Gasteiger partial charge on any atom is -0.497 e. The Hall–Kier alpha value is -5.36. The topological polar surface area (TPSA) is 71.1 Å². The Bertz CT molecular complexity index is 1910. The van der Waals surface area contributed by atoms with Gasteiger partial charge in [0.25, 0.3) is 0 Å². The van der Waals surface area contributed by atoms with Crippen LogP contribution in [0.2, 0.25) is 0 Å². The molecule has 0 aromatic heterocycles. The molecular formula is C40H34O6. The number of carbonyl (C=O) groups excluding carboxylic acids is 2. The summed E-state index contributed by atoms with van der Waals surface area (Å²) in [4.78, 5) is 27.1. The maximum atomic E-state index is 13.7. The van der Waals surface area contributed by atoms with Crippen molar-refractivity contribution in [3.05, 3.63) is 154 Å². The van der Waals surface area contributed by atoms with Crippen molar-refractivity contribution in [1.82, 2.24) is 0 Å². The van der Waals surface area contributed by atoms with Crippen molar-refractivity contribution in [3.8, 4) is 23.0 Å². The zero-order valence-electron chi connectivity index (χ0n) is 26.2. The molecule has 8 rings (SSSR count). The van der Waals surface area contributed by atoms with E-state index in [1.54, 1.807) is 43.5 Å². The molecule has 0 atom stereocenters. The van der Waals surface area contributed by atoms with Gasteiger partial charge in [-0.2, -0.15) is 0 Å². The Morgan fingerprint density at radius 2 is 1.26 bits per heavy atom. The molecule has 0 fully saturated rings. The fourth-order valence-electron chi connectivity index (χ4n) is 6.72. The molecule has 46 heavy (non-hydrogen) atoms. The van der Waals surface area contributed by atoms with Crippen LogP contribution in [0.25, 0.3) is 0 Å². The average Bonchev–Trinajstić information content (AvgIpc) is 3.08. The van der Waals surface area contributed by atoms with Gasteiger partial charge < -0.3 is 18.9 Å². The van der Waals surface area contributed by atoms with Crippen molar-refractivity contribution in [1.29, 1.82) is 0 Å². The van der Waals surface area contributed by atoms with Crippen molar-refractivity contribution in [2.75, 3.05) is 13.7 Å². The predicted octanol–water partition coefficient (Wildman–Crippen LogP) is 8.09. The van der Waals surface area contributed by atoms with E-state index in [0.717, 1.165) is 33.4 Å². The molecule has 3 aliphatic carbocycles. The van der Waals surface area contributed by atoms with Gasteiger partial charge in [-0.25, -0.2) is 4.79 Å². The summed E-state index contributed by atoms with van der Waals surface area (Å²) in [5.74, 6) is 1.06. The Morgan fingerprint density at radius 1 is 0.674 bits per heavy atom. The van der Waals surface area contributed by atoms with Gasteiger partial charge in [-0.15, -0.1) is 0 Å². The number of esters is 2. The molecule has 0 N–H and O–H groups in total. The normalized spacial score (nSPS) is 17.3. The molecule has 0 amide bonds. The summed E-state index contributed by atoms with van der Waals surface area (Å²) in [6, 6.07) is 36.6. The summed E-state index contributed by atoms with van der Waals surface area (Å²) < 4.78 is 24.4. The van der Waals surface area contributed by atoms with Crippen molar-refractivity contribution in [2.45, 2.75) is 32.1 Å². The molecule has 5 aromatic rings. The van der Waals surface area contributed by atoms with Crippen LogP contribution in [-0.2, 0) is 10.2 Å². The van der Waals surface area contributed by atoms with Gasteiger partial charge in [-0.3, -0.25) is 4.79 Å². The van der Waals surface area contributed by atoms with E-state index >= 15 is 0 Å². The highest BCUT2D eigenvalue weighted by molar-refractivity contribution is 5.92. The summed E-state index contributed by atoms with van der Waals surface area (Å²) in [5, 5.41) is 0. The van der Waals surface area contributed by atoms with Gasteiger partial charge in [-0.1, -0.05) is 66.7 Å². The van der Waals surface area contributed by atoms with Crippen LogP contribution in [0, 0.1) is 5.41 Å². The van der Waals surface area contributed by atoms with E-state index in [1.165, 1.54) is 0 Å². The molecule has 0 radical (unpaired) electrons. The first-order chi connectivity index (χ1) is 22.2. The lowest BCUT2D eigenvalue weighted by molar-refractivity contribution is -0.143. The highest BCUT2D eigenvalue weighted by atomic mass is 16.5. The smallest absolute Gasteiger partial charge is 0.343 e. The van der Waals surface area contributed by atoms with E-state index in [2.05, 4.69) is 24.3 Å². The van der Waals surface area contributed by atoms with Crippen LogP contribution in [-0.4, -0.2) is 25.7 Å². The first kappa shape index (κ1) is 29.4. The number of benzene rings is 5. The molecule has 0 saturated carbocycles. The SMILES string of the molecule is COc1ccc(C(=O)Oc2ccc(OC(=O)C(C)(C)C)c3c2C2(COc4ccccc4)c4ccccc4C3c3ccccc32)cc1. The Labute approximate surface area is 268 Å². The molecule has 6 nitrogen and oxygen atoms in total. The zero-order chi connectivity index (χ0) is 32.1. The van der Waals surface area contributed by atoms with Crippen LogP contribution < -0.4 is 18.9 Å². The number of para-hydroxylation sites is 1. The standard InChI is InChI=1S/C40H34O6/c1-39(2,3)38(42)46-32-22-23-33(45-37(41)25-18-20-26(43-4)21-19-25)36-35(32)34-28-14-8-10-16-30(28)40(36,31-17-11-9-15-29(31)34)24-44-27-12-6-5-7-13-27/h5-23,34H,24H2,1-4H3. The van der Waals surface area contributed by atoms with Crippen molar-refractivity contribution < 1.29 is 28.5 Å². The van der Waals surface area contributed by atoms with Crippen molar-refractivity contribution in [2.24, 2.45) is 5.41 Å². The second-order valence-electron chi connectivity index (χ2n) is 12.7. The molecule has 0 spiro atoms. The van der Waals surface area contributed by atoms with E-state index in [1.807, 2.05) is 75.4 Å². The Morgan fingerprint density at radius 3 is 1.87 bits per heavy atom. The number of carbonyl (C=O) groups is 2. The summed E-state index contributed by atoms with van der Waals surface area (Å²) in [5.41, 5.74) is 4.62. The van der Waals surface area contributed by atoms with Crippen LogP contribution in [0.5, 0.6) is 23.0 Å². The Balaban J connectivity index is 1.48. The highest BCUT2D eigenvalue weighted by Crippen LogP contribution is 2.63. The second-order valence-corrected chi connectivity index (χ2v) is 12.7. The summed E-state index contributed by atoms with van der Waals surface area (Å²) in [6.07, 6.45) is 0. The molecule has 230 valence electrons. The lowest BCUT2D eigenvalue weighted by Gasteiger charge is -2.50. The highest BCUT2D eigenvalue weighted by Gasteiger charge is 2.55. The molecule has 0 saturated heterocycles. The molecule has 5 aromatic carbocycles. The van der Waals surface area contributed by atoms with Crippen molar-refractivity contribution >= 4 is 11.9 Å². The van der Waals surface area contributed by atoms with Crippen LogP contribution in [0.4, 0.5) is 0 Å². The van der Waals surface area contributed by atoms with E-state index in [-0.39, 0.29) is 18.5 Å². The number of hydrogen-bond donors (Lipinski definition) is 0. The summed E-state index contributed by atoms with van der Waals surface area (Å²) in [7, 11) is 1.58. The van der Waals surface area contributed by atoms with Gasteiger partial charge in [0.15, 0.2) is 0 Å². The minimum absolute atomic E-state index is 0.217. The van der Waals surface area contributed by atoms with Gasteiger partial charge in [-0.05, 0) is 91.6 Å². The first-order valence-corrected chi connectivity index (χ1v) is 15.3. The maximum absolute atomic E-state index is 13.7. The van der Waals surface area contributed by atoms with Gasteiger partial charge in [0.05, 0.1) is 23.5 Å². The lowest BCUT2D eigenvalue weighted by Crippen LogP contribution is -2.47. The van der Waals surface area contributed by atoms with Crippen LogP contribution >= 0.6 is 0 Å². The number of ether oxygens (including phenoxy) is 4.